The minimum absolute atomic E-state index is 0.456. The van der Waals surface area contributed by atoms with Crippen molar-refractivity contribution in [2.24, 2.45) is 0 Å². The second-order valence-corrected chi connectivity index (χ2v) is 3.68. The normalized spacial score (nSPS) is 21.1. The third-order valence-electron chi connectivity index (χ3n) is 2.42. The summed E-state index contributed by atoms with van der Waals surface area (Å²) in [6.45, 7) is 4.91. The molecule has 0 bridgehead atoms. The summed E-state index contributed by atoms with van der Waals surface area (Å²) < 4.78 is 0. The van der Waals surface area contributed by atoms with Crippen LogP contribution in [0.4, 0.5) is 5.95 Å². The molecule has 1 aliphatic heterocycles. The zero-order valence-electron chi connectivity index (χ0n) is 8.64. The van der Waals surface area contributed by atoms with Crippen LogP contribution in [-0.2, 0) is 0 Å². The van der Waals surface area contributed by atoms with Gasteiger partial charge >= 0.3 is 0 Å². The van der Waals surface area contributed by atoms with Crippen LogP contribution in [0.15, 0.2) is 12.4 Å². The van der Waals surface area contributed by atoms with E-state index in [-0.39, 0.29) is 0 Å². The molecular formula is C10H13N5. The van der Waals surface area contributed by atoms with Crippen molar-refractivity contribution in [3.8, 4) is 6.07 Å². The van der Waals surface area contributed by atoms with E-state index in [1.807, 2.05) is 6.07 Å². The molecule has 15 heavy (non-hydrogen) atoms. The van der Waals surface area contributed by atoms with Crippen molar-refractivity contribution < 1.29 is 0 Å². The average molecular weight is 203 g/mol. The predicted octanol–water partition coefficient (Wildman–Crippen LogP) is 0.146. The van der Waals surface area contributed by atoms with Gasteiger partial charge in [-0.1, -0.05) is 0 Å². The van der Waals surface area contributed by atoms with Crippen LogP contribution in [0.3, 0.4) is 0 Å². The fourth-order valence-electron chi connectivity index (χ4n) is 1.66. The Morgan fingerprint density at radius 3 is 2.87 bits per heavy atom. The molecule has 1 fully saturated rings. The molecule has 78 valence electrons. The van der Waals surface area contributed by atoms with Gasteiger partial charge in [0.2, 0.25) is 5.95 Å². The maximum Gasteiger partial charge on any atom is 0.225 e. The number of anilines is 1. The first kappa shape index (κ1) is 9.87. The highest BCUT2D eigenvalue weighted by Gasteiger charge is 2.17. The lowest BCUT2D eigenvalue weighted by molar-refractivity contribution is 0.479. The third-order valence-corrected chi connectivity index (χ3v) is 2.42. The maximum absolute atomic E-state index is 8.63. The summed E-state index contributed by atoms with van der Waals surface area (Å²) in [5, 5.41) is 12.0. The zero-order chi connectivity index (χ0) is 10.7. The predicted molar refractivity (Wildman–Crippen MR) is 56.4 cm³/mol. The number of nitrogens with zero attached hydrogens (tertiary/aromatic N) is 4. The molecule has 1 atom stereocenters. The number of aromatic nitrogens is 2. The van der Waals surface area contributed by atoms with Gasteiger partial charge in [-0.2, -0.15) is 5.26 Å². The molecule has 2 rings (SSSR count). The highest BCUT2D eigenvalue weighted by Crippen LogP contribution is 2.09. The molecule has 1 aromatic heterocycles. The lowest BCUT2D eigenvalue weighted by Gasteiger charge is -2.31. The van der Waals surface area contributed by atoms with Crippen LogP contribution in [-0.4, -0.2) is 35.6 Å². The molecule has 0 aromatic carbocycles. The van der Waals surface area contributed by atoms with E-state index < -0.39 is 0 Å². The van der Waals surface area contributed by atoms with Crippen LogP contribution in [0.1, 0.15) is 12.5 Å². The Hall–Kier alpha value is -1.67. The molecule has 5 heteroatoms. The summed E-state index contributed by atoms with van der Waals surface area (Å²) >= 11 is 0. The van der Waals surface area contributed by atoms with Gasteiger partial charge < -0.3 is 10.2 Å². The van der Waals surface area contributed by atoms with Crippen molar-refractivity contribution in [2.45, 2.75) is 13.0 Å². The van der Waals surface area contributed by atoms with Gasteiger partial charge in [-0.05, 0) is 6.92 Å². The highest BCUT2D eigenvalue weighted by molar-refractivity contribution is 5.34. The van der Waals surface area contributed by atoms with Gasteiger partial charge in [-0.3, -0.25) is 0 Å². The lowest BCUT2D eigenvalue weighted by Crippen LogP contribution is -2.49. The topological polar surface area (TPSA) is 64.8 Å². The van der Waals surface area contributed by atoms with Crippen molar-refractivity contribution in [2.75, 3.05) is 24.5 Å². The smallest absolute Gasteiger partial charge is 0.225 e. The summed E-state index contributed by atoms with van der Waals surface area (Å²) in [7, 11) is 0. The number of nitriles is 1. The largest absolute Gasteiger partial charge is 0.338 e. The molecule has 1 saturated heterocycles. The second-order valence-electron chi connectivity index (χ2n) is 3.68. The van der Waals surface area contributed by atoms with E-state index in [2.05, 4.69) is 27.1 Å². The Kier molecular flexibility index (Phi) is 2.79. The molecule has 1 aromatic rings. The van der Waals surface area contributed by atoms with E-state index in [1.165, 1.54) is 0 Å². The van der Waals surface area contributed by atoms with Gasteiger partial charge in [0.15, 0.2) is 0 Å². The van der Waals surface area contributed by atoms with E-state index in [0.717, 1.165) is 19.6 Å². The fraction of sp³-hybridized carbons (Fsp3) is 0.500. The van der Waals surface area contributed by atoms with Crippen molar-refractivity contribution in [3.63, 3.8) is 0 Å². The van der Waals surface area contributed by atoms with Crippen LogP contribution in [0.5, 0.6) is 0 Å². The number of piperazine rings is 1. The molecule has 1 N–H and O–H groups in total. The van der Waals surface area contributed by atoms with Crippen molar-refractivity contribution in [3.05, 3.63) is 18.0 Å². The summed E-state index contributed by atoms with van der Waals surface area (Å²) in [6.07, 6.45) is 3.13. The van der Waals surface area contributed by atoms with Gasteiger partial charge in [0.25, 0.3) is 0 Å². The first-order valence-corrected chi connectivity index (χ1v) is 5.00. The van der Waals surface area contributed by atoms with Gasteiger partial charge in [0.1, 0.15) is 6.07 Å². The van der Waals surface area contributed by atoms with Crippen LogP contribution in [0, 0.1) is 11.3 Å². The standard InChI is InChI=1S/C10H13N5/c1-8-7-15(3-2-12-8)10-13-5-9(4-11)6-14-10/h5-6,8,12H,2-3,7H2,1H3/t8-/m1/s1. The average Bonchev–Trinajstić information content (AvgIpc) is 2.29. The van der Waals surface area contributed by atoms with Crippen molar-refractivity contribution in [1.82, 2.24) is 15.3 Å². The Bertz CT molecular complexity index is 366. The minimum atomic E-state index is 0.456. The lowest BCUT2D eigenvalue weighted by atomic mass is 10.2. The maximum atomic E-state index is 8.63. The summed E-state index contributed by atoms with van der Waals surface area (Å²) in [4.78, 5) is 10.5. The van der Waals surface area contributed by atoms with Crippen molar-refractivity contribution >= 4 is 5.95 Å². The number of hydrogen-bond donors (Lipinski definition) is 1. The number of nitrogens with one attached hydrogen (secondary N) is 1. The van der Waals surface area contributed by atoms with E-state index in [0.29, 0.717) is 17.6 Å². The summed E-state index contributed by atoms with van der Waals surface area (Å²) in [5.41, 5.74) is 0.502. The van der Waals surface area contributed by atoms with E-state index in [4.69, 9.17) is 5.26 Å². The molecule has 0 spiro atoms. The molecule has 5 nitrogen and oxygen atoms in total. The van der Waals surface area contributed by atoms with Gasteiger partial charge in [0.05, 0.1) is 18.0 Å². The van der Waals surface area contributed by atoms with E-state index >= 15 is 0 Å². The summed E-state index contributed by atoms with van der Waals surface area (Å²) in [5.74, 6) is 0.711. The fourth-order valence-corrected chi connectivity index (χ4v) is 1.66. The highest BCUT2D eigenvalue weighted by atomic mass is 15.3. The van der Waals surface area contributed by atoms with Crippen LogP contribution >= 0.6 is 0 Å². The van der Waals surface area contributed by atoms with Gasteiger partial charge in [-0.25, -0.2) is 9.97 Å². The molecule has 1 aliphatic rings. The van der Waals surface area contributed by atoms with E-state index in [1.54, 1.807) is 12.4 Å². The van der Waals surface area contributed by atoms with Gasteiger partial charge in [0, 0.05) is 25.7 Å². The molecule has 0 amide bonds. The Balaban J connectivity index is 2.12. The minimum Gasteiger partial charge on any atom is -0.338 e. The Labute approximate surface area is 88.8 Å². The number of hydrogen-bond acceptors (Lipinski definition) is 5. The molecule has 0 radical (unpaired) electrons. The van der Waals surface area contributed by atoms with E-state index in [9.17, 15) is 0 Å². The Morgan fingerprint density at radius 1 is 1.53 bits per heavy atom. The number of rotatable bonds is 1. The zero-order valence-corrected chi connectivity index (χ0v) is 8.64. The molecule has 0 aliphatic carbocycles. The van der Waals surface area contributed by atoms with Crippen LogP contribution < -0.4 is 10.2 Å². The first-order chi connectivity index (χ1) is 7.29. The summed E-state index contributed by atoms with van der Waals surface area (Å²) in [6, 6.07) is 2.47. The van der Waals surface area contributed by atoms with Crippen molar-refractivity contribution in [1.29, 1.82) is 5.26 Å². The molecule has 0 unspecified atom stereocenters. The Morgan fingerprint density at radius 2 is 2.27 bits per heavy atom. The van der Waals surface area contributed by atoms with Gasteiger partial charge in [-0.15, -0.1) is 0 Å². The van der Waals surface area contributed by atoms with Crippen LogP contribution in [0.2, 0.25) is 0 Å². The quantitative estimate of drug-likeness (QED) is 0.703. The molecule has 2 heterocycles. The SMILES string of the molecule is C[C@@H]1CN(c2ncc(C#N)cn2)CCN1. The molecule has 0 saturated carbocycles. The second kappa shape index (κ2) is 4.24. The van der Waals surface area contributed by atoms with Crippen LogP contribution in [0.25, 0.3) is 0 Å². The third kappa shape index (κ3) is 2.22. The molecular weight excluding hydrogens is 190 g/mol. The first-order valence-electron chi connectivity index (χ1n) is 5.00. The monoisotopic (exact) mass is 203 g/mol.